The first-order valence-corrected chi connectivity index (χ1v) is 8.53. The molecular formula is C18H28N4O3. The number of hydrogen-bond donors (Lipinski definition) is 3. The minimum absolute atomic E-state index is 0.0953. The van der Waals surface area contributed by atoms with E-state index in [2.05, 4.69) is 27.9 Å². The lowest BCUT2D eigenvalue weighted by atomic mass is 10.0. The van der Waals surface area contributed by atoms with Crippen molar-refractivity contribution in [2.24, 2.45) is 4.99 Å². The van der Waals surface area contributed by atoms with Gasteiger partial charge in [0, 0.05) is 26.7 Å². The topological polar surface area (TPSA) is 84.0 Å². The van der Waals surface area contributed by atoms with Gasteiger partial charge in [-0.25, -0.2) is 0 Å². The molecule has 0 aliphatic carbocycles. The van der Waals surface area contributed by atoms with Gasteiger partial charge in [-0.05, 0) is 37.5 Å². The summed E-state index contributed by atoms with van der Waals surface area (Å²) in [6.07, 6.45) is 2.11. The number of rotatable bonds is 7. The van der Waals surface area contributed by atoms with Crippen LogP contribution in [0.2, 0.25) is 0 Å². The van der Waals surface area contributed by atoms with Crippen molar-refractivity contribution in [1.82, 2.24) is 16.0 Å². The molecular weight excluding hydrogens is 320 g/mol. The van der Waals surface area contributed by atoms with Crippen molar-refractivity contribution >= 4 is 11.9 Å². The number of methoxy groups -OCH3 is 1. The monoisotopic (exact) mass is 348 g/mol. The molecule has 0 radical (unpaired) electrons. The molecule has 1 aliphatic rings. The van der Waals surface area contributed by atoms with Gasteiger partial charge in [-0.2, -0.15) is 0 Å². The van der Waals surface area contributed by atoms with Crippen molar-refractivity contribution < 1.29 is 14.3 Å². The van der Waals surface area contributed by atoms with Gasteiger partial charge in [0.05, 0.1) is 19.3 Å². The highest BCUT2D eigenvalue weighted by Crippen LogP contribution is 2.23. The number of benzene rings is 1. The fourth-order valence-electron chi connectivity index (χ4n) is 2.64. The predicted octanol–water partition coefficient (Wildman–Crippen LogP) is 1.05. The molecule has 1 saturated heterocycles. The number of carbonyl (C=O) groups excluding carboxylic acids is 1. The third-order valence-corrected chi connectivity index (χ3v) is 4.22. The van der Waals surface area contributed by atoms with Crippen LogP contribution in [-0.4, -0.2) is 51.3 Å². The zero-order chi connectivity index (χ0) is 18.1. The Bertz CT molecular complexity index is 580. The molecule has 1 unspecified atom stereocenters. The minimum Gasteiger partial charge on any atom is -0.497 e. The van der Waals surface area contributed by atoms with Crippen LogP contribution in [0.5, 0.6) is 5.75 Å². The highest BCUT2D eigenvalue weighted by Gasteiger charge is 2.29. The Morgan fingerprint density at radius 2 is 2.04 bits per heavy atom. The number of amides is 1. The Hall–Kier alpha value is -2.28. The smallest absolute Gasteiger partial charge is 0.239 e. The van der Waals surface area contributed by atoms with E-state index in [9.17, 15) is 4.79 Å². The zero-order valence-electron chi connectivity index (χ0n) is 15.2. The van der Waals surface area contributed by atoms with Crippen molar-refractivity contribution in [1.29, 1.82) is 0 Å². The van der Waals surface area contributed by atoms with Gasteiger partial charge in [0.15, 0.2) is 5.96 Å². The Kier molecular flexibility index (Phi) is 7.06. The van der Waals surface area contributed by atoms with Crippen LogP contribution in [0, 0.1) is 0 Å². The Morgan fingerprint density at radius 3 is 2.64 bits per heavy atom. The molecule has 1 atom stereocenters. The van der Waals surface area contributed by atoms with E-state index < -0.39 is 0 Å². The van der Waals surface area contributed by atoms with Crippen molar-refractivity contribution in [3.63, 3.8) is 0 Å². The SMILES string of the molecule is CN=C(NCC(=O)NCc1ccc(OC)cc1)NCC1(C)CCCO1. The van der Waals surface area contributed by atoms with Crippen LogP contribution in [-0.2, 0) is 16.1 Å². The minimum atomic E-state index is -0.158. The van der Waals surface area contributed by atoms with E-state index in [1.165, 1.54) is 0 Å². The van der Waals surface area contributed by atoms with E-state index in [0.29, 0.717) is 19.0 Å². The first-order chi connectivity index (χ1) is 12.0. The molecule has 0 bridgehead atoms. The summed E-state index contributed by atoms with van der Waals surface area (Å²) in [5.41, 5.74) is 0.858. The highest BCUT2D eigenvalue weighted by molar-refractivity contribution is 5.86. The van der Waals surface area contributed by atoms with Crippen LogP contribution in [0.25, 0.3) is 0 Å². The van der Waals surface area contributed by atoms with E-state index in [1.807, 2.05) is 24.3 Å². The van der Waals surface area contributed by atoms with E-state index >= 15 is 0 Å². The number of aliphatic imine (C=N–C) groups is 1. The fraction of sp³-hybridized carbons (Fsp3) is 0.556. The average Bonchev–Trinajstić information content (AvgIpc) is 3.07. The second-order valence-electron chi connectivity index (χ2n) is 6.31. The standard InChI is InChI=1S/C18H28N4O3/c1-18(9-4-10-25-18)13-22-17(19-2)21-12-16(23)20-11-14-5-7-15(24-3)8-6-14/h5-8H,4,9-13H2,1-3H3,(H,20,23)(H2,19,21,22). The fourth-order valence-corrected chi connectivity index (χ4v) is 2.64. The average molecular weight is 348 g/mol. The van der Waals surface area contributed by atoms with Crippen LogP contribution < -0.4 is 20.7 Å². The maximum atomic E-state index is 12.0. The van der Waals surface area contributed by atoms with Gasteiger partial charge in [-0.3, -0.25) is 9.79 Å². The van der Waals surface area contributed by atoms with Gasteiger partial charge in [0.25, 0.3) is 0 Å². The number of guanidine groups is 1. The molecule has 7 heteroatoms. The van der Waals surface area contributed by atoms with E-state index in [-0.39, 0.29) is 18.1 Å². The van der Waals surface area contributed by atoms with Crippen molar-refractivity contribution in [2.45, 2.75) is 31.9 Å². The Balaban J connectivity index is 1.68. The summed E-state index contributed by atoms with van der Waals surface area (Å²) in [7, 11) is 3.31. The summed E-state index contributed by atoms with van der Waals surface area (Å²) >= 11 is 0. The number of hydrogen-bond acceptors (Lipinski definition) is 4. The molecule has 25 heavy (non-hydrogen) atoms. The van der Waals surface area contributed by atoms with Gasteiger partial charge in [-0.1, -0.05) is 12.1 Å². The molecule has 1 aromatic carbocycles. The largest absolute Gasteiger partial charge is 0.497 e. The lowest BCUT2D eigenvalue weighted by Crippen LogP contribution is -2.47. The van der Waals surface area contributed by atoms with E-state index in [1.54, 1.807) is 14.2 Å². The lowest BCUT2D eigenvalue weighted by Gasteiger charge is -2.24. The number of ether oxygens (including phenoxy) is 2. The molecule has 1 heterocycles. The quantitative estimate of drug-likeness (QED) is 0.507. The predicted molar refractivity (Wildman–Crippen MR) is 97.8 cm³/mol. The second kappa shape index (κ2) is 9.27. The van der Waals surface area contributed by atoms with Gasteiger partial charge in [0.1, 0.15) is 5.75 Å². The molecule has 2 rings (SSSR count). The molecule has 0 aromatic heterocycles. The van der Waals surface area contributed by atoms with Crippen molar-refractivity contribution in [3.05, 3.63) is 29.8 Å². The van der Waals surface area contributed by atoms with Crippen molar-refractivity contribution in [2.75, 3.05) is 33.9 Å². The first-order valence-electron chi connectivity index (χ1n) is 8.53. The van der Waals surface area contributed by atoms with Crippen LogP contribution in [0.3, 0.4) is 0 Å². The number of nitrogens with zero attached hydrogens (tertiary/aromatic N) is 1. The summed E-state index contributed by atoms with van der Waals surface area (Å²) in [5, 5.41) is 9.10. The third kappa shape index (κ3) is 6.26. The van der Waals surface area contributed by atoms with Gasteiger partial charge in [0.2, 0.25) is 5.91 Å². The number of carbonyl (C=O) groups is 1. The van der Waals surface area contributed by atoms with Gasteiger partial charge < -0.3 is 25.4 Å². The maximum Gasteiger partial charge on any atom is 0.239 e. The molecule has 7 nitrogen and oxygen atoms in total. The van der Waals surface area contributed by atoms with Crippen LogP contribution in [0.4, 0.5) is 0 Å². The molecule has 0 spiro atoms. The summed E-state index contributed by atoms with van der Waals surface area (Å²) in [5.74, 6) is 1.30. The molecule has 1 amide bonds. The molecule has 3 N–H and O–H groups in total. The Morgan fingerprint density at radius 1 is 1.28 bits per heavy atom. The molecule has 0 saturated carbocycles. The zero-order valence-corrected chi connectivity index (χ0v) is 15.2. The maximum absolute atomic E-state index is 12.0. The van der Waals surface area contributed by atoms with Crippen LogP contribution in [0.15, 0.2) is 29.3 Å². The lowest BCUT2D eigenvalue weighted by molar-refractivity contribution is -0.120. The third-order valence-electron chi connectivity index (χ3n) is 4.22. The normalized spacial score (nSPS) is 20.2. The van der Waals surface area contributed by atoms with Crippen LogP contribution in [0.1, 0.15) is 25.3 Å². The summed E-state index contributed by atoms with van der Waals surface area (Å²) in [6, 6.07) is 7.60. The highest BCUT2D eigenvalue weighted by atomic mass is 16.5. The summed E-state index contributed by atoms with van der Waals surface area (Å²) in [6.45, 7) is 4.19. The molecule has 1 aromatic rings. The summed E-state index contributed by atoms with van der Waals surface area (Å²) in [4.78, 5) is 16.1. The van der Waals surface area contributed by atoms with E-state index in [4.69, 9.17) is 9.47 Å². The van der Waals surface area contributed by atoms with Gasteiger partial charge >= 0.3 is 0 Å². The summed E-state index contributed by atoms with van der Waals surface area (Å²) < 4.78 is 10.8. The van der Waals surface area contributed by atoms with Crippen molar-refractivity contribution in [3.8, 4) is 5.75 Å². The second-order valence-corrected chi connectivity index (χ2v) is 6.31. The Labute approximate surface area is 149 Å². The van der Waals surface area contributed by atoms with Gasteiger partial charge in [-0.15, -0.1) is 0 Å². The van der Waals surface area contributed by atoms with Crippen LogP contribution >= 0.6 is 0 Å². The number of nitrogens with one attached hydrogen (secondary N) is 3. The first kappa shape index (κ1) is 19.1. The molecule has 138 valence electrons. The van der Waals surface area contributed by atoms with E-state index in [0.717, 1.165) is 30.8 Å². The molecule has 1 fully saturated rings. The molecule has 1 aliphatic heterocycles.